The average molecular weight is 1060 g/mol. The smallest absolute Gasteiger partial charge is 0.338 e. The Hall–Kier alpha value is -7.02. The second-order valence-corrected chi connectivity index (χ2v) is 17.6. The summed E-state index contributed by atoms with van der Waals surface area (Å²) in [5, 5.41) is 159. The first-order valence-corrected chi connectivity index (χ1v) is 22.8. The molecule has 0 bridgehead atoms. The van der Waals surface area contributed by atoms with Crippen LogP contribution in [0.25, 0.3) is 11.8 Å². The van der Waals surface area contributed by atoms with E-state index < -0.39 is 164 Å². The molecule has 0 saturated carbocycles. The van der Waals surface area contributed by atoms with Gasteiger partial charge in [-0.05, 0) is 72.3 Å². The molecule has 4 aliphatic heterocycles. The zero-order valence-electron chi connectivity index (χ0n) is 38.7. The molecule has 3 saturated heterocycles. The summed E-state index contributed by atoms with van der Waals surface area (Å²) in [7, 11) is 0. The molecule has 404 valence electrons. The quantitative estimate of drug-likeness (QED) is 0.0450. The molecule has 0 spiro atoms. The van der Waals surface area contributed by atoms with Crippen LogP contribution < -0.4 is 0 Å². The molecule has 4 heterocycles. The first-order chi connectivity index (χ1) is 35.7. The molecule has 5 aliphatic rings. The van der Waals surface area contributed by atoms with E-state index in [1.54, 1.807) is 0 Å². The number of aliphatic hydroxyl groups is 10. The van der Waals surface area contributed by atoms with E-state index in [0.29, 0.717) is 0 Å². The van der Waals surface area contributed by atoms with E-state index >= 15 is 0 Å². The highest BCUT2D eigenvalue weighted by Crippen LogP contribution is 2.42. The van der Waals surface area contributed by atoms with Crippen molar-refractivity contribution in [3.8, 4) is 28.7 Å². The van der Waals surface area contributed by atoms with Crippen molar-refractivity contribution in [2.75, 3.05) is 19.8 Å². The maximum absolute atomic E-state index is 12.9. The van der Waals surface area contributed by atoms with Gasteiger partial charge < -0.3 is 119 Å². The number of benzene rings is 3. The Morgan fingerprint density at radius 1 is 0.587 bits per heavy atom. The summed E-state index contributed by atoms with van der Waals surface area (Å²) in [6.07, 6.45) is -24.4. The van der Waals surface area contributed by atoms with Gasteiger partial charge in [-0.2, -0.15) is 0 Å². The number of fused-ring (bicyclic) bond motifs is 1. The lowest BCUT2D eigenvalue weighted by Gasteiger charge is -2.46. The van der Waals surface area contributed by atoms with Gasteiger partial charge in [-0.3, -0.25) is 0 Å². The summed E-state index contributed by atoms with van der Waals surface area (Å²) >= 11 is 0. The van der Waals surface area contributed by atoms with Crippen molar-refractivity contribution in [1.82, 2.24) is 0 Å². The predicted molar refractivity (Wildman–Crippen MR) is 245 cm³/mol. The second kappa shape index (κ2) is 22.8. The van der Waals surface area contributed by atoms with Gasteiger partial charge >= 0.3 is 11.9 Å². The number of esters is 2. The van der Waals surface area contributed by atoms with Crippen LogP contribution in [0.4, 0.5) is 0 Å². The van der Waals surface area contributed by atoms with Gasteiger partial charge in [0.15, 0.2) is 46.9 Å². The minimum atomic E-state index is -2.17. The van der Waals surface area contributed by atoms with Crippen LogP contribution in [-0.4, -0.2) is 207 Å². The van der Waals surface area contributed by atoms with Crippen LogP contribution in [-0.2, 0) is 47.4 Å². The molecule has 0 aromatic heterocycles. The Bertz CT molecular complexity index is 2720. The number of allylic oxidation sites excluding steroid dienone is 2. The molecular weight excluding hydrogens is 1000 g/mol. The Morgan fingerprint density at radius 3 is 1.85 bits per heavy atom. The van der Waals surface area contributed by atoms with Crippen LogP contribution in [0.5, 0.6) is 28.7 Å². The SMILES string of the molecule is O=C(C=Cc1ccc(O)c(O)c1)OCC1OC(OC2=C(c3ccc(O)c(O)c3)OC3C=C(O)C=C(OC4OC(CO)C(O)C(O)C4O)C3=C2)C(OC2OC(COC(=O)c3ccc(O)cc3)C(O)C(O)C2O)C(O)C1O. The molecule has 26 heteroatoms. The van der Waals surface area contributed by atoms with Crippen molar-refractivity contribution in [3.05, 3.63) is 125 Å². The molecule has 3 fully saturated rings. The predicted octanol–water partition coefficient (Wildman–Crippen LogP) is -1.87. The van der Waals surface area contributed by atoms with Crippen LogP contribution >= 0.6 is 0 Å². The number of hydrogen-bond donors (Lipinski definition) is 15. The largest absolute Gasteiger partial charge is 0.508 e. The summed E-state index contributed by atoms with van der Waals surface area (Å²) in [6.45, 7) is -2.41. The lowest BCUT2D eigenvalue weighted by Crippen LogP contribution is -2.64. The Balaban J connectivity index is 1.12. The van der Waals surface area contributed by atoms with Crippen LogP contribution in [0, 0.1) is 0 Å². The molecule has 15 N–H and O–H groups in total. The molecule has 0 radical (unpaired) electrons. The molecule has 3 aromatic carbocycles. The van der Waals surface area contributed by atoms with Crippen molar-refractivity contribution < 1.29 is 129 Å². The van der Waals surface area contributed by atoms with E-state index in [0.717, 1.165) is 30.4 Å². The Kier molecular flexibility index (Phi) is 16.5. The monoisotopic (exact) mass is 1060 g/mol. The van der Waals surface area contributed by atoms with Crippen LogP contribution in [0.3, 0.4) is 0 Å². The topological polar surface area (TPSA) is 421 Å². The van der Waals surface area contributed by atoms with Gasteiger partial charge in [-0.1, -0.05) is 6.07 Å². The first-order valence-electron chi connectivity index (χ1n) is 22.8. The number of hydrogen-bond acceptors (Lipinski definition) is 26. The van der Waals surface area contributed by atoms with Crippen molar-refractivity contribution in [1.29, 1.82) is 0 Å². The number of aliphatic hydroxyl groups excluding tert-OH is 10. The maximum Gasteiger partial charge on any atom is 0.338 e. The number of ether oxygens (including phenoxy) is 9. The highest BCUT2D eigenvalue weighted by Gasteiger charge is 2.53. The van der Waals surface area contributed by atoms with Crippen molar-refractivity contribution in [3.63, 3.8) is 0 Å². The van der Waals surface area contributed by atoms with Crippen LogP contribution in [0.2, 0.25) is 0 Å². The summed E-state index contributed by atoms with van der Waals surface area (Å²) in [5.41, 5.74) is 0.160. The van der Waals surface area contributed by atoms with E-state index in [9.17, 15) is 86.2 Å². The van der Waals surface area contributed by atoms with Gasteiger partial charge in [0.2, 0.25) is 12.6 Å². The average Bonchev–Trinajstić information content (AvgIpc) is 3.39. The van der Waals surface area contributed by atoms with E-state index in [4.69, 9.17) is 42.6 Å². The number of rotatable bonds is 15. The van der Waals surface area contributed by atoms with Crippen molar-refractivity contribution in [2.24, 2.45) is 0 Å². The van der Waals surface area contributed by atoms with Gasteiger partial charge in [0.1, 0.15) is 104 Å². The molecule has 0 amide bonds. The van der Waals surface area contributed by atoms with E-state index in [-0.39, 0.29) is 39.5 Å². The molecule has 26 nitrogen and oxygen atoms in total. The van der Waals surface area contributed by atoms with Crippen molar-refractivity contribution in [2.45, 2.75) is 98.2 Å². The highest BCUT2D eigenvalue weighted by molar-refractivity contribution is 5.89. The lowest BCUT2D eigenvalue weighted by atomic mass is 9.95. The van der Waals surface area contributed by atoms with Gasteiger partial charge in [0.25, 0.3) is 0 Å². The fraction of sp³-hybridized carbons (Fsp3) is 0.388. The molecule has 3 aromatic rings. The fourth-order valence-corrected chi connectivity index (χ4v) is 8.24. The molecule has 1 aliphatic carbocycles. The fourth-order valence-electron chi connectivity index (χ4n) is 8.24. The summed E-state index contributed by atoms with van der Waals surface area (Å²) in [4.78, 5) is 25.7. The summed E-state index contributed by atoms with van der Waals surface area (Å²) < 4.78 is 52.6. The third kappa shape index (κ3) is 11.9. The minimum absolute atomic E-state index is 0.0231. The zero-order chi connectivity index (χ0) is 54.0. The number of phenolic OH excluding ortho intramolecular Hbond substituents is 5. The van der Waals surface area contributed by atoms with E-state index in [2.05, 4.69) is 0 Å². The molecule has 8 rings (SSSR count). The number of carbonyl (C=O) groups excluding carboxylic acids is 2. The Labute approximate surface area is 423 Å². The molecule has 75 heavy (non-hydrogen) atoms. The van der Waals surface area contributed by atoms with Gasteiger partial charge in [-0.25, -0.2) is 9.59 Å². The second-order valence-electron chi connectivity index (χ2n) is 17.6. The standard InChI is InChI=1S/C49H52O26/c50-16-32-36(58)39(61)42(64)47(72-32)70-30-14-23(52)13-29-24(30)15-31(44(69-29)21-5-9-26(54)28(56)12-21)71-49-45(41(63)38(60)33(74-49)17-67-35(57)10-2-19-1-8-25(53)27(55)11-19)75-48-43(65)40(62)37(59)34(73-48)18-68-46(66)20-3-6-22(51)7-4-20/h1-15,29,32-34,36-43,45,47-56,58-65H,16-18H2. The number of carbonyl (C=O) groups is 2. The molecule has 16 unspecified atom stereocenters. The zero-order valence-corrected chi connectivity index (χ0v) is 38.7. The van der Waals surface area contributed by atoms with Gasteiger partial charge in [0, 0.05) is 29.4 Å². The molecular formula is C49H52O26. The van der Waals surface area contributed by atoms with Crippen LogP contribution in [0.15, 0.2) is 108 Å². The maximum atomic E-state index is 12.9. The first kappa shape index (κ1) is 54.2. The molecule has 16 atom stereocenters. The highest BCUT2D eigenvalue weighted by atomic mass is 16.8. The third-order valence-electron chi connectivity index (χ3n) is 12.4. The lowest BCUT2D eigenvalue weighted by molar-refractivity contribution is -0.363. The van der Waals surface area contributed by atoms with Crippen molar-refractivity contribution >= 4 is 23.8 Å². The van der Waals surface area contributed by atoms with E-state index in [1.165, 1.54) is 60.7 Å². The minimum Gasteiger partial charge on any atom is -0.508 e. The third-order valence-corrected chi connectivity index (χ3v) is 12.4. The number of aromatic hydroxyl groups is 5. The number of phenols is 5. The normalized spacial score (nSPS) is 32.8. The van der Waals surface area contributed by atoms with Crippen LogP contribution in [0.1, 0.15) is 21.5 Å². The summed E-state index contributed by atoms with van der Waals surface area (Å²) in [5.74, 6) is -5.80. The van der Waals surface area contributed by atoms with E-state index in [1.807, 2.05) is 0 Å². The Morgan fingerprint density at radius 2 is 1.19 bits per heavy atom. The summed E-state index contributed by atoms with van der Waals surface area (Å²) in [6, 6.07) is 12.0. The van der Waals surface area contributed by atoms with Gasteiger partial charge in [-0.15, -0.1) is 0 Å². The van der Waals surface area contributed by atoms with Gasteiger partial charge in [0.05, 0.1) is 12.2 Å².